The van der Waals surface area contributed by atoms with E-state index in [0.29, 0.717) is 29.8 Å². The molecule has 2 aromatic carbocycles. The first-order valence-corrected chi connectivity index (χ1v) is 11.3. The topological polar surface area (TPSA) is 53.5 Å². The molecule has 2 heterocycles. The lowest BCUT2D eigenvalue weighted by Crippen LogP contribution is -2.48. The number of benzene rings is 2. The van der Waals surface area contributed by atoms with Crippen LogP contribution in [0.15, 0.2) is 53.9 Å². The molecule has 0 unspecified atom stereocenters. The fraction of sp³-hybridized carbons (Fsp3) is 0.292. The number of hydrogen-bond acceptors (Lipinski definition) is 5. The summed E-state index contributed by atoms with van der Waals surface area (Å²) in [5.74, 6) is -0.826. The molecule has 7 heteroatoms. The molecule has 1 fully saturated rings. The second kappa shape index (κ2) is 9.49. The van der Waals surface area contributed by atoms with Gasteiger partial charge in [0, 0.05) is 49.2 Å². The van der Waals surface area contributed by atoms with Gasteiger partial charge in [-0.25, -0.2) is 9.37 Å². The van der Waals surface area contributed by atoms with Crippen LogP contribution in [0.1, 0.15) is 43.9 Å². The molecule has 0 radical (unpaired) electrons. The third-order valence-corrected chi connectivity index (χ3v) is 6.50. The van der Waals surface area contributed by atoms with E-state index < -0.39 is 5.82 Å². The molecule has 1 saturated heterocycles. The van der Waals surface area contributed by atoms with Gasteiger partial charge in [-0.15, -0.1) is 11.3 Å². The second-order valence-corrected chi connectivity index (χ2v) is 8.48. The summed E-state index contributed by atoms with van der Waals surface area (Å²) < 4.78 is 13.2. The molecule has 0 aliphatic carbocycles. The highest BCUT2D eigenvalue weighted by Crippen LogP contribution is 2.19. The Kier molecular flexibility index (Phi) is 6.53. The third-order valence-electron chi connectivity index (χ3n) is 5.46. The Morgan fingerprint density at radius 2 is 1.68 bits per heavy atom. The summed E-state index contributed by atoms with van der Waals surface area (Å²) in [5.41, 5.74) is 2.17. The lowest BCUT2D eigenvalue weighted by molar-refractivity contribution is 0.0624. The van der Waals surface area contributed by atoms with E-state index in [4.69, 9.17) is 0 Å². The van der Waals surface area contributed by atoms with Gasteiger partial charge in [-0.3, -0.25) is 14.5 Å². The number of halogens is 1. The van der Waals surface area contributed by atoms with Gasteiger partial charge in [0.25, 0.3) is 5.91 Å². The molecule has 1 aliphatic rings. The van der Waals surface area contributed by atoms with Crippen LogP contribution in [0.25, 0.3) is 0 Å². The summed E-state index contributed by atoms with van der Waals surface area (Å²) in [5, 5.41) is 3.25. The lowest BCUT2D eigenvalue weighted by Gasteiger charge is -2.34. The molecule has 0 bridgehead atoms. The van der Waals surface area contributed by atoms with E-state index >= 15 is 0 Å². The fourth-order valence-corrected chi connectivity index (χ4v) is 4.45. The molecule has 0 atom stereocenters. The van der Waals surface area contributed by atoms with Crippen molar-refractivity contribution in [3.8, 4) is 0 Å². The van der Waals surface area contributed by atoms with Crippen LogP contribution >= 0.6 is 11.3 Å². The number of carbonyl (C=O) groups is 2. The van der Waals surface area contributed by atoms with Gasteiger partial charge in [0.15, 0.2) is 5.78 Å². The Balaban J connectivity index is 1.43. The summed E-state index contributed by atoms with van der Waals surface area (Å²) in [6.07, 6.45) is 0.947. The number of aromatic nitrogens is 1. The summed E-state index contributed by atoms with van der Waals surface area (Å²) >= 11 is 1.69. The van der Waals surface area contributed by atoms with Crippen molar-refractivity contribution in [2.75, 3.05) is 26.2 Å². The van der Waals surface area contributed by atoms with Crippen molar-refractivity contribution < 1.29 is 14.0 Å². The Morgan fingerprint density at radius 1 is 1.00 bits per heavy atom. The van der Waals surface area contributed by atoms with Crippen LogP contribution < -0.4 is 0 Å². The number of ketones is 1. The number of rotatable bonds is 6. The van der Waals surface area contributed by atoms with E-state index in [9.17, 15) is 14.0 Å². The number of aryl methyl sites for hydroxylation is 1. The zero-order valence-electron chi connectivity index (χ0n) is 17.4. The molecule has 160 valence electrons. The predicted octanol–water partition coefficient (Wildman–Crippen LogP) is 4.03. The van der Waals surface area contributed by atoms with Crippen LogP contribution in [0.2, 0.25) is 0 Å². The monoisotopic (exact) mass is 437 g/mol. The maximum absolute atomic E-state index is 13.2. The van der Waals surface area contributed by atoms with Gasteiger partial charge in [-0.1, -0.05) is 25.1 Å². The second-order valence-electron chi connectivity index (χ2n) is 7.54. The Bertz CT molecular complexity index is 1070. The predicted molar refractivity (Wildman–Crippen MR) is 119 cm³/mol. The van der Waals surface area contributed by atoms with Crippen molar-refractivity contribution in [1.82, 2.24) is 14.8 Å². The summed E-state index contributed by atoms with van der Waals surface area (Å²) in [6.45, 7) is 5.62. The van der Waals surface area contributed by atoms with E-state index in [2.05, 4.69) is 22.2 Å². The molecule has 1 aromatic heterocycles. The molecule has 1 aliphatic heterocycles. The maximum atomic E-state index is 13.2. The average molecular weight is 438 g/mol. The average Bonchev–Trinajstić information content (AvgIpc) is 3.27. The highest BCUT2D eigenvalue weighted by molar-refractivity contribution is 7.09. The Labute approximate surface area is 185 Å². The number of piperazine rings is 1. The number of hydrogen-bond donors (Lipinski definition) is 0. The standard InChI is InChI=1S/C24H24FN3O2S/c1-2-22-26-19(16-31-22)15-27-11-13-28(14-12-27)24(30)21-6-4-3-5-20(21)23(29)17-7-9-18(25)10-8-17/h3-10,16H,2,11-15H2,1H3. The summed E-state index contributed by atoms with van der Waals surface area (Å²) in [6, 6.07) is 12.2. The van der Waals surface area contributed by atoms with Crippen molar-refractivity contribution in [2.45, 2.75) is 19.9 Å². The molecule has 31 heavy (non-hydrogen) atoms. The van der Waals surface area contributed by atoms with E-state index in [1.54, 1.807) is 40.5 Å². The first kappa shape index (κ1) is 21.3. The number of thiazole rings is 1. The lowest BCUT2D eigenvalue weighted by atomic mass is 9.97. The van der Waals surface area contributed by atoms with E-state index in [1.807, 2.05) is 0 Å². The van der Waals surface area contributed by atoms with Crippen molar-refractivity contribution in [1.29, 1.82) is 0 Å². The van der Waals surface area contributed by atoms with Crippen molar-refractivity contribution in [2.24, 2.45) is 0 Å². The minimum atomic E-state index is -0.401. The fourth-order valence-electron chi connectivity index (χ4n) is 3.72. The van der Waals surface area contributed by atoms with Gasteiger partial charge in [-0.2, -0.15) is 0 Å². The number of nitrogens with zero attached hydrogens (tertiary/aromatic N) is 3. The molecule has 5 nitrogen and oxygen atoms in total. The van der Waals surface area contributed by atoms with Crippen LogP contribution in [0, 0.1) is 5.82 Å². The van der Waals surface area contributed by atoms with Crippen LogP contribution in [-0.4, -0.2) is 52.7 Å². The zero-order valence-corrected chi connectivity index (χ0v) is 18.2. The molecule has 3 aromatic rings. The minimum absolute atomic E-state index is 0.146. The van der Waals surface area contributed by atoms with Crippen LogP contribution in [0.5, 0.6) is 0 Å². The van der Waals surface area contributed by atoms with E-state index in [0.717, 1.165) is 36.8 Å². The number of amides is 1. The molecule has 1 amide bonds. The Hall–Kier alpha value is -2.90. The van der Waals surface area contributed by atoms with Crippen LogP contribution in [0.4, 0.5) is 4.39 Å². The molecular formula is C24H24FN3O2S. The van der Waals surface area contributed by atoms with Crippen LogP contribution in [0.3, 0.4) is 0 Å². The van der Waals surface area contributed by atoms with Gasteiger partial charge in [0.1, 0.15) is 5.82 Å². The van der Waals surface area contributed by atoms with Gasteiger partial charge in [0.2, 0.25) is 0 Å². The van der Waals surface area contributed by atoms with Gasteiger partial charge < -0.3 is 4.90 Å². The normalized spacial score (nSPS) is 14.6. The Morgan fingerprint density at radius 3 is 2.32 bits per heavy atom. The van der Waals surface area contributed by atoms with E-state index in [1.165, 1.54) is 24.3 Å². The van der Waals surface area contributed by atoms with Crippen LogP contribution in [-0.2, 0) is 13.0 Å². The number of carbonyl (C=O) groups excluding carboxylic acids is 2. The first-order valence-electron chi connectivity index (χ1n) is 10.4. The largest absolute Gasteiger partial charge is 0.336 e. The molecule has 0 saturated carbocycles. The maximum Gasteiger partial charge on any atom is 0.254 e. The molecule has 4 rings (SSSR count). The van der Waals surface area contributed by atoms with Crippen molar-refractivity contribution in [3.05, 3.63) is 87.1 Å². The van der Waals surface area contributed by atoms with Crippen molar-refractivity contribution in [3.63, 3.8) is 0 Å². The van der Waals surface area contributed by atoms with Crippen molar-refractivity contribution >= 4 is 23.0 Å². The van der Waals surface area contributed by atoms with Gasteiger partial charge in [0.05, 0.1) is 16.3 Å². The minimum Gasteiger partial charge on any atom is -0.336 e. The highest BCUT2D eigenvalue weighted by Gasteiger charge is 2.26. The molecule has 0 N–H and O–H groups in total. The SMILES string of the molecule is CCc1nc(CN2CCN(C(=O)c3ccccc3C(=O)c3ccc(F)cc3)CC2)cs1. The highest BCUT2D eigenvalue weighted by atomic mass is 32.1. The quantitative estimate of drug-likeness (QED) is 0.547. The molecular weight excluding hydrogens is 413 g/mol. The van der Waals surface area contributed by atoms with E-state index in [-0.39, 0.29) is 11.7 Å². The first-order chi connectivity index (χ1) is 15.0. The van der Waals surface area contributed by atoms with Gasteiger partial charge >= 0.3 is 0 Å². The summed E-state index contributed by atoms with van der Waals surface area (Å²) in [7, 11) is 0. The van der Waals surface area contributed by atoms with Gasteiger partial charge in [-0.05, 0) is 36.8 Å². The zero-order chi connectivity index (χ0) is 21.8. The summed E-state index contributed by atoms with van der Waals surface area (Å²) in [4.78, 5) is 34.9. The molecule has 0 spiro atoms. The third kappa shape index (κ3) is 4.89. The smallest absolute Gasteiger partial charge is 0.254 e.